The number of carbonyl (C=O) groups excluding carboxylic acids is 4. The van der Waals surface area contributed by atoms with Gasteiger partial charge in [-0.15, -0.1) is 0 Å². The molecule has 2 aliphatic heterocycles. The number of ketones is 1. The summed E-state index contributed by atoms with van der Waals surface area (Å²) in [6, 6.07) is 10.5. The van der Waals surface area contributed by atoms with E-state index in [1.54, 1.807) is 30.1 Å². The van der Waals surface area contributed by atoms with Gasteiger partial charge in [-0.1, -0.05) is 29.3 Å². The molecule has 2 fully saturated rings. The Hall–Kier alpha value is -3.01. The quantitative estimate of drug-likeness (QED) is 0.392. The van der Waals surface area contributed by atoms with E-state index in [9.17, 15) is 23.6 Å². The topological polar surface area (TPSA) is 81.2 Å². The van der Waals surface area contributed by atoms with E-state index < -0.39 is 29.3 Å². The van der Waals surface area contributed by atoms with Gasteiger partial charge in [0.05, 0.1) is 10.0 Å². The van der Waals surface area contributed by atoms with Crippen LogP contribution in [0.5, 0.6) is 0 Å². The molecule has 0 bridgehead atoms. The minimum atomic E-state index is -1.04. The molecular formula is C26H27Cl2FN4O4. The van der Waals surface area contributed by atoms with E-state index in [1.165, 1.54) is 34.1 Å². The molecule has 0 aromatic heterocycles. The van der Waals surface area contributed by atoms with Crippen LogP contribution in [0, 0.1) is 11.7 Å². The number of Topliss-reactive ketones (excluding diaryl/α,β-unsaturated/α-hetero) is 1. The summed E-state index contributed by atoms with van der Waals surface area (Å²) >= 11 is 12.0. The second-order valence-electron chi connectivity index (χ2n) is 9.25. The number of nitrogens with zero attached hydrogens (tertiary/aromatic N) is 4. The zero-order valence-corrected chi connectivity index (χ0v) is 21.8. The van der Waals surface area contributed by atoms with E-state index in [2.05, 4.69) is 4.90 Å². The van der Waals surface area contributed by atoms with Crippen molar-refractivity contribution in [1.29, 1.82) is 0 Å². The van der Waals surface area contributed by atoms with Gasteiger partial charge in [0.15, 0.2) is 0 Å². The fraction of sp³-hybridized carbons (Fsp3) is 0.385. The van der Waals surface area contributed by atoms with Crippen LogP contribution in [-0.2, 0) is 20.9 Å². The minimum Gasteiger partial charge on any atom is -0.341 e. The lowest BCUT2D eigenvalue weighted by molar-refractivity contribution is -0.144. The third-order valence-electron chi connectivity index (χ3n) is 6.73. The predicted octanol–water partition coefficient (Wildman–Crippen LogP) is 2.58. The van der Waals surface area contributed by atoms with Crippen molar-refractivity contribution in [2.45, 2.75) is 6.54 Å². The molecule has 2 saturated heterocycles. The Morgan fingerprint density at radius 3 is 2.30 bits per heavy atom. The van der Waals surface area contributed by atoms with Crippen LogP contribution in [-0.4, -0.2) is 96.0 Å². The van der Waals surface area contributed by atoms with Crippen LogP contribution in [0.2, 0.25) is 10.0 Å². The SMILES string of the molecule is CN(Cc1ccc(Cl)c(Cl)c1)C(=O)C1CN(CCN2CCN(C(=O)c3ccc(F)cc3)CC2)C(=O)C1=O. The number of benzene rings is 2. The molecule has 37 heavy (non-hydrogen) atoms. The second kappa shape index (κ2) is 11.6. The first-order chi connectivity index (χ1) is 17.6. The second-order valence-corrected chi connectivity index (χ2v) is 10.1. The summed E-state index contributed by atoms with van der Waals surface area (Å²) in [5.41, 5.74) is 1.20. The molecule has 0 saturated carbocycles. The van der Waals surface area contributed by atoms with Crippen molar-refractivity contribution >= 4 is 46.7 Å². The number of piperazine rings is 1. The van der Waals surface area contributed by atoms with Crippen molar-refractivity contribution in [3.05, 3.63) is 69.5 Å². The summed E-state index contributed by atoms with van der Waals surface area (Å²) in [5.74, 6) is -3.33. The van der Waals surface area contributed by atoms with E-state index in [4.69, 9.17) is 23.2 Å². The van der Waals surface area contributed by atoms with Gasteiger partial charge >= 0.3 is 0 Å². The van der Waals surface area contributed by atoms with E-state index in [0.717, 1.165) is 5.56 Å². The van der Waals surface area contributed by atoms with Crippen LogP contribution in [0.25, 0.3) is 0 Å². The van der Waals surface area contributed by atoms with Gasteiger partial charge in [0.25, 0.3) is 11.8 Å². The lowest BCUT2D eigenvalue weighted by atomic mass is 10.1. The van der Waals surface area contributed by atoms with Crippen molar-refractivity contribution in [2.24, 2.45) is 5.92 Å². The molecule has 0 radical (unpaired) electrons. The fourth-order valence-electron chi connectivity index (χ4n) is 4.54. The van der Waals surface area contributed by atoms with Crippen LogP contribution in [0.4, 0.5) is 4.39 Å². The summed E-state index contributed by atoms with van der Waals surface area (Å²) in [6.45, 7) is 3.34. The summed E-state index contributed by atoms with van der Waals surface area (Å²) in [7, 11) is 1.58. The molecule has 0 aliphatic carbocycles. The largest absolute Gasteiger partial charge is 0.341 e. The number of rotatable bonds is 7. The lowest BCUT2D eigenvalue weighted by Crippen LogP contribution is -2.50. The molecule has 0 spiro atoms. The van der Waals surface area contributed by atoms with Gasteiger partial charge in [-0.3, -0.25) is 24.1 Å². The van der Waals surface area contributed by atoms with E-state index in [1.807, 2.05) is 0 Å². The number of hydrogen-bond acceptors (Lipinski definition) is 5. The molecule has 11 heteroatoms. The third kappa shape index (κ3) is 6.29. The summed E-state index contributed by atoms with van der Waals surface area (Å²) < 4.78 is 13.1. The van der Waals surface area contributed by atoms with Crippen LogP contribution < -0.4 is 0 Å². The van der Waals surface area contributed by atoms with Gasteiger partial charge in [0, 0.05) is 65.0 Å². The molecule has 3 amide bonds. The third-order valence-corrected chi connectivity index (χ3v) is 7.47. The van der Waals surface area contributed by atoms with Crippen LogP contribution in [0.3, 0.4) is 0 Å². The number of likely N-dealkylation sites (tertiary alicyclic amines) is 1. The molecule has 2 aromatic carbocycles. The smallest absolute Gasteiger partial charge is 0.290 e. The zero-order valence-electron chi connectivity index (χ0n) is 20.3. The normalized spacial score (nSPS) is 18.4. The molecule has 2 heterocycles. The van der Waals surface area contributed by atoms with Crippen molar-refractivity contribution in [3.63, 3.8) is 0 Å². The van der Waals surface area contributed by atoms with Crippen LogP contribution in [0.15, 0.2) is 42.5 Å². The highest BCUT2D eigenvalue weighted by molar-refractivity contribution is 6.42. The van der Waals surface area contributed by atoms with Crippen LogP contribution >= 0.6 is 23.2 Å². The Morgan fingerprint density at radius 1 is 0.973 bits per heavy atom. The maximum atomic E-state index is 13.1. The zero-order chi connectivity index (χ0) is 26.7. The number of halogens is 3. The number of carbonyl (C=O) groups is 4. The molecular weight excluding hydrogens is 522 g/mol. The van der Waals surface area contributed by atoms with Gasteiger partial charge in [-0.25, -0.2) is 4.39 Å². The molecule has 196 valence electrons. The molecule has 2 aliphatic rings. The van der Waals surface area contributed by atoms with Crippen LogP contribution in [0.1, 0.15) is 15.9 Å². The highest BCUT2D eigenvalue weighted by Gasteiger charge is 2.44. The van der Waals surface area contributed by atoms with Gasteiger partial charge < -0.3 is 14.7 Å². The Kier molecular flexibility index (Phi) is 8.46. The number of amides is 3. The summed E-state index contributed by atoms with van der Waals surface area (Å²) in [4.78, 5) is 57.3. The standard InChI is InChI=1S/C26H27Cl2FN4O4/c1-30(15-17-2-7-21(27)22(28)14-17)25(36)20-16-33(26(37)23(20)34)13-10-31-8-11-32(12-9-31)24(35)18-3-5-19(29)6-4-18/h2-7,14,20H,8-13,15-16H2,1H3. The lowest BCUT2D eigenvalue weighted by Gasteiger charge is -2.35. The number of hydrogen-bond donors (Lipinski definition) is 0. The van der Waals surface area contributed by atoms with Gasteiger partial charge in [0.2, 0.25) is 11.7 Å². The molecule has 1 unspecified atom stereocenters. The highest BCUT2D eigenvalue weighted by atomic mass is 35.5. The average molecular weight is 549 g/mol. The summed E-state index contributed by atoms with van der Waals surface area (Å²) in [5, 5.41) is 0.784. The van der Waals surface area contributed by atoms with Crippen molar-refractivity contribution in [2.75, 3.05) is 52.9 Å². The Bertz CT molecular complexity index is 1200. The predicted molar refractivity (Wildman–Crippen MR) is 137 cm³/mol. The first kappa shape index (κ1) is 27.0. The minimum absolute atomic E-state index is 0.0469. The van der Waals surface area contributed by atoms with E-state index >= 15 is 0 Å². The van der Waals surface area contributed by atoms with Gasteiger partial charge in [-0.05, 0) is 42.0 Å². The molecule has 0 N–H and O–H groups in total. The van der Waals surface area contributed by atoms with Gasteiger partial charge in [0.1, 0.15) is 11.7 Å². The Labute approximate surface area is 224 Å². The van der Waals surface area contributed by atoms with Crippen molar-refractivity contribution in [3.8, 4) is 0 Å². The molecule has 1 atom stereocenters. The van der Waals surface area contributed by atoms with E-state index in [0.29, 0.717) is 54.9 Å². The van der Waals surface area contributed by atoms with Crippen molar-refractivity contribution < 1.29 is 23.6 Å². The molecule has 2 aromatic rings. The summed E-state index contributed by atoms with van der Waals surface area (Å²) in [6.07, 6.45) is 0. The Morgan fingerprint density at radius 2 is 1.65 bits per heavy atom. The fourth-order valence-corrected chi connectivity index (χ4v) is 4.86. The first-order valence-corrected chi connectivity index (χ1v) is 12.7. The van der Waals surface area contributed by atoms with Crippen molar-refractivity contribution in [1.82, 2.24) is 19.6 Å². The van der Waals surface area contributed by atoms with E-state index in [-0.39, 0.29) is 19.0 Å². The highest BCUT2D eigenvalue weighted by Crippen LogP contribution is 2.24. The van der Waals surface area contributed by atoms with Gasteiger partial charge in [-0.2, -0.15) is 0 Å². The average Bonchev–Trinajstić information content (AvgIpc) is 3.18. The first-order valence-electron chi connectivity index (χ1n) is 11.9. The Balaban J connectivity index is 1.25. The maximum Gasteiger partial charge on any atom is 0.290 e. The molecule has 4 rings (SSSR count). The maximum absolute atomic E-state index is 13.1. The monoisotopic (exact) mass is 548 g/mol. The molecule has 8 nitrogen and oxygen atoms in total.